The number of carbonyl (C=O) groups excluding carboxylic acids is 1. The van der Waals surface area contributed by atoms with Crippen LogP contribution in [0.25, 0.3) is 0 Å². The first-order chi connectivity index (χ1) is 6.31. The Bertz CT molecular complexity index is 115. The highest BCUT2D eigenvalue weighted by molar-refractivity contribution is 7.81. The van der Waals surface area contributed by atoms with E-state index in [1.807, 2.05) is 6.29 Å². The average Bonchev–Trinajstić information content (AvgIpc) is 2.16. The second-order valence-electron chi connectivity index (χ2n) is 3.54. The third-order valence-electron chi connectivity index (χ3n) is 2.22. The summed E-state index contributed by atoms with van der Waals surface area (Å²) in [5.74, 6) is 0. The van der Waals surface area contributed by atoms with Gasteiger partial charge in [-0.25, -0.2) is 0 Å². The molecule has 0 fully saturated rings. The van der Waals surface area contributed by atoms with E-state index in [0.717, 1.165) is 12.8 Å². The molecular formula is C11H21OS. The maximum Gasteiger partial charge on any atom is 0.212 e. The molecular weight excluding hydrogens is 180 g/mol. The predicted molar refractivity (Wildman–Crippen MR) is 61.1 cm³/mol. The molecule has 2 heteroatoms. The Hall–Kier alpha value is 0.0200. The van der Waals surface area contributed by atoms with Crippen LogP contribution in [0.4, 0.5) is 0 Å². The number of hydrogen-bond donors (Lipinski definition) is 1. The number of rotatable bonds is 9. The molecule has 1 radical (unpaired) electrons. The summed E-state index contributed by atoms with van der Waals surface area (Å²) in [5.41, 5.74) is 0. The van der Waals surface area contributed by atoms with Crippen LogP contribution in [-0.4, -0.2) is 11.5 Å². The summed E-state index contributed by atoms with van der Waals surface area (Å²) in [6.45, 7) is 2.23. The van der Waals surface area contributed by atoms with Gasteiger partial charge < -0.3 is 0 Å². The van der Waals surface area contributed by atoms with E-state index in [-0.39, 0.29) is 5.25 Å². The first-order valence-corrected chi connectivity index (χ1v) is 5.88. The van der Waals surface area contributed by atoms with Crippen molar-refractivity contribution in [3.8, 4) is 0 Å². The van der Waals surface area contributed by atoms with Crippen LogP contribution in [0.2, 0.25) is 0 Å². The van der Waals surface area contributed by atoms with Crippen molar-refractivity contribution in [3.05, 3.63) is 0 Å². The molecule has 0 aliphatic heterocycles. The molecule has 0 saturated heterocycles. The van der Waals surface area contributed by atoms with Gasteiger partial charge in [0.15, 0.2) is 0 Å². The largest absolute Gasteiger partial charge is 0.290 e. The van der Waals surface area contributed by atoms with Crippen LogP contribution in [0.1, 0.15) is 58.3 Å². The molecule has 1 nitrogen and oxygen atoms in total. The average molecular weight is 201 g/mol. The SMILES string of the molecule is CCCCCCCCCC(S)[C]=O. The topological polar surface area (TPSA) is 17.1 Å². The van der Waals surface area contributed by atoms with E-state index in [1.165, 1.54) is 38.5 Å². The first-order valence-electron chi connectivity index (χ1n) is 5.37. The molecule has 0 aromatic rings. The molecule has 0 amide bonds. The van der Waals surface area contributed by atoms with Crippen LogP contribution in [-0.2, 0) is 4.79 Å². The lowest BCUT2D eigenvalue weighted by molar-refractivity contribution is 0.542. The van der Waals surface area contributed by atoms with Gasteiger partial charge in [-0.2, -0.15) is 12.6 Å². The Balaban J connectivity index is 2.95. The highest BCUT2D eigenvalue weighted by Gasteiger charge is 2.00. The normalized spacial score (nSPS) is 12.8. The molecule has 0 aromatic heterocycles. The maximum absolute atomic E-state index is 10.1. The second kappa shape index (κ2) is 10.1. The number of unbranched alkanes of at least 4 members (excludes halogenated alkanes) is 6. The Kier molecular flexibility index (Phi) is 10.1. The van der Waals surface area contributed by atoms with Gasteiger partial charge in [0.25, 0.3) is 0 Å². The van der Waals surface area contributed by atoms with Crippen molar-refractivity contribution >= 4 is 18.9 Å². The van der Waals surface area contributed by atoms with Crippen molar-refractivity contribution in [3.63, 3.8) is 0 Å². The molecule has 1 unspecified atom stereocenters. The Morgan fingerprint density at radius 3 is 2.15 bits per heavy atom. The summed E-state index contributed by atoms with van der Waals surface area (Å²) in [7, 11) is 0. The molecule has 0 N–H and O–H groups in total. The van der Waals surface area contributed by atoms with Gasteiger partial charge in [-0.15, -0.1) is 0 Å². The zero-order valence-corrected chi connectivity index (χ0v) is 9.48. The lowest BCUT2D eigenvalue weighted by Crippen LogP contribution is -1.98. The molecule has 0 aliphatic rings. The summed E-state index contributed by atoms with van der Waals surface area (Å²) in [5, 5.41) is -0.157. The quantitative estimate of drug-likeness (QED) is 0.446. The molecule has 77 valence electrons. The molecule has 0 saturated carbocycles. The summed E-state index contributed by atoms with van der Waals surface area (Å²) in [6.07, 6.45) is 11.8. The van der Waals surface area contributed by atoms with Crippen molar-refractivity contribution < 1.29 is 4.79 Å². The fourth-order valence-electron chi connectivity index (χ4n) is 1.35. The monoisotopic (exact) mass is 201 g/mol. The summed E-state index contributed by atoms with van der Waals surface area (Å²) in [4.78, 5) is 10.1. The smallest absolute Gasteiger partial charge is 0.212 e. The van der Waals surface area contributed by atoms with Crippen molar-refractivity contribution in [1.82, 2.24) is 0 Å². The van der Waals surface area contributed by atoms with E-state index in [4.69, 9.17) is 0 Å². The predicted octanol–water partition coefficient (Wildman–Crippen LogP) is 3.54. The molecule has 0 aliphatic carbocycles. The van der Waals surface area contributed by atoms with Gasteiger partial charge in [0.05, 0.1) is 5.25 Å². The minimum Gasteiger partial charge on any atom is -0.290 e. The Labute approximate surface area is 87.7 Å². The molecule has 0 spiro atoms. The molecule has 0 bridgehead atoms. The molecule has 0 heterocycles. The Morgan fingerprint density at radius 1 is 1.08 bits per heavy atom. The lowest BCUT2D eigenvalue weighted by atomic mass is 10.1. The fraction of sp³-hybridized carbons (Fsp3) is 0.909. The van der Waals surface area contributed by atoms with E-state index in [0.29, 0.717) is 0 Å². The zero-order valence-electron chi connectivity index (χ0n) is 8.59. The lowest BCUT2D eigenvalue weighted by Gasteiger charge is -2.02. The molecule has 0 rings (SSSR count). The standard InChI is InChI=1S/C11H21OS/c1-2-3-4-5-6-7-8-9-11(13)10-12/h11,13H,2-9H2,1H3. The summed E-state index contributed by atoms with van der Waals surface area (Å²) >= 11 is 4.06. The highest BCUT2D eigenvalue weighted by atomic mass is 32.1. The molecule has 1 atom stereocenters. The third-order valence-corrected chi connectivity index (χ3v) is 2.58. The van der Waals surface area contributed by atoms with Crippen molar-refractivity contribution in [1.29, 1.82) is 0 Å². The minimum absolute atomic E-state index is 0.157. The van der Waals surface area contributed by atoms with Crippen molar-refractivity contribution in [2.45, 2.75) is 63.5 Å². The van der Waals surface area contributed by atoms with Gasteiger partial charge in [-0.1, -0.05) is 51.9 Å². The highest BCUT2D eigenvalue weighted by Crippen LogP contribution is 2.10. The van der Waals surface area contributed by atoms with Gasteiger partial charge in [0.2, 0.25) is 6.29 Å². The van der Waals surface area contributed by atoms with E-state index in [1.54, 1.807) is 0 Å². The Morgan fingerprint density at radius 2 is 1.62 bits per heavy atom. The second-order valence-corrected chi connectivity index (χ2v) is 4.17. The van der Waals surface area contributed by atoms with Gasteiger partial charge in [0, 0.05) is 0 Å². The number of thiol groups is 1. The van der Waals surface area contributed by atoms with Gasteiger partial charge in [-0.05, 0) is 6.42 Å². The van der Waals surface area contributed by atoms with Gasteiger partial charge in [-0.3, -0.25) is 4.79 Å². The van der Waals surface area contributed by atoms with Crippen molar-refractivity contribution in [2.24, 2.45) is 0 Å². The van der Waals surface area contributed by atoms with Crippen LogP contribution < -0.4 is 0 Å². The van der Waals surface area contributed by atoms with E-state index in [2.05, 4.69) is 19.6 Å². The van der Waals surface area contributed by atoms with E-state index in [9.17, 15) is 4.79 Å². The van der Waals surface area contributed by atoms with Crippen LogP contribution in [0.3, 0.4) is 0 Å². The summed E-state index contributed by atoms with van der Waals surface area (Å²) in [6, 6.07) is 0. The van der Waals surface area contributed by atoms with Crippen LogP contribution in [0.5, 0.6) is 0 Å². The van der Waals surface area contributed by atoms with E-state index < -0.39 is 0 Å². The molecule has 0 aromatic carbocycles. The zero-order chi connectivity index (χ0) is 9.94. The molecule has 13 heavy (non-hydrogen) atoms. The van der Waals surface area contributed by atoms with Crippen LogP contribution in [0.15, 0.2) is 0 Å². The van der Waals surface area contributed by atoms with E-state index >= 15 is 0 Å². The third kappa shape index (κ3) is 9.94. The van der Waals surface area contributed by atoms with Crippen LogP contribution in [0, 0.1) is 0 Å². The maximum atomic E-state index is 10.1. The number of hydrogen-bond acceptors (Lipinski definition) is 2. The summed E-state index contributed by atoms with van der Waals surface area (Å²) < 4.78 is 0. The first kappa shape index (κ1) is 13.0. The minimum atomic E-state index is -0.157. The van der Waals surface area contributed by atoms with Crippen LogP contribution >= 0.6 is 12.6 Å². The van der Waals surface area contributed by atoms with Crippen molar-refractivity contribution in [2.75, 3.05) is 0 Å². The van der Waals surface area contributed by atoms with Gasteiger partial charge in [0.1, 0.15) is 0 Å². The van der Waals surface area contributed by atoms with Gasteiger partial charge >= 0.3 is 0 Å². The fourth-order valence-corrected chi connectivity index (χ4v) is 1.54.